The zero-order valence-corrected chi connectivity index (χ0v) is 44.1. The predicted molar refractivity (Wildman–Crippen MR) is 273 cm³/mol. The topological polar surface area (TPSA) is 307 Å². The minimum Gasteiger partial charge on any atom is -0.394 e. The Morgan fingerprint density at radius 3 is 1.37 bits per heavy atom. The lowest BCUT2D eigenvalue weighted by Gasteiger charge is -2.48. The van der Waals surface area contributed by atoms with E-state index in [1.807, 2.05) is 6.08 Å². The number of aliphatic hydroxyl groups excluding tert-OH is 11. The van der Waals surface area contributed by atoms with Gasteiger partial charge in [0.25, 0.3) is 0 Å². The molecule has 3 aliphatic rings. The van der Waals surface area contributed by atoms with Crippen molar-refractivity contribution in [2.24, 2.45) is 0 Å². The van der Waals surface area contributed by atoms with Crippen LogP contribution in [0.15, 0.2) is 24.3 Å². The lowest BCUT2D eigenvalue weighted by atomic mass is 9.96. The van der Waals surface area contributed by atoms with Crippen molar-refractivity contribution < 1.29 is 89.4 Å². The molecule has 17 atom stereocenters. The molecule has 3 aliphatic heterocycles. The van der Waals surface area contributed by atoms with E-state index < -0.39 is 124 Å². The summed E-state index contributed by atoms with van der Waals surface area (Å²) in [5, 5.41) is 120. The largest absolute Gasteiger partial charge is 0.394 e. The van der Waals surface area contributed by atoms with E-state index in [-0.39, 0.29) is 18.9 Å². The molecular formula is C54H99NO18. The summed E-state index contributed by atoms with van der Waals surface area (Å²) in [5.41, 5.74) is 0. The number of allylic oxidation sites excluding steroid dienone is 3. The van der Waals surface area contributed by atoms with E-state index in [0.29, 0.717) is 12.8 Å². The first kappa shape index (κ1) is 65.6. The maximum Gasteiger partial charge on any atom is 0.220 e. The molecule has 0 spiro atoms. The summed E-state index contributed by atoms with van der Waals surface area (Å²) >= 11 is 0. The van der Waals surface area contributed by atoms with Gasteiger partial charge in [0.2, 0.25) is 5.91 Å². The molecule has 0 radical (unpaired) electrons. The summed E-state index contributed by atoms with van der Waals surface area (Å²) in [4.78, 5) is 13.3. The highest BCUT2D eigenvalue weighted by Gasteiger charge is 2.53. The van der Waals surface area contributed by atoms with E-state index in [1.165, 1.54) is 109 Å². The van der Waals surface area contributed by atoms with E-state index in [2.05, 4.69) is 31.3 Å². The smallest absolute Gasteiger partial charge is 0.220 e. The number of amides is 1. The molecule has 0 aromatic rings. The van der Waals surface area contributed by atoms with Gasteiger partial charge < -0.3 is 89.9 Å². The van der Waals surface area contributed by atoms with Gasteiger partial charge in [-0.15, -0.1) is 0 Å². The summed E-state index contributed by atoms with van der Waals surface area (Å²) in [7, 11) is 0. The molecule has 19 nitrogen and oxygen atoms in total. The van der Waals surface area contributed by atoms with Gasteiger partial charge in [0.05, 0.1) is 38.6 Å². The van der Waals surface area contributed by atoms with Gasteiger partial charge in [-0.2, -0.15) is 0 Å². The summed E-state index contributed by atoms with van der Waals surface area (Å²) in [5.74, 6) is -0.286. The molecule has 3 heterocycles. The van der Waals surface area contributed by atoms with Crippen LogP contribution >= 0.6 is 0 Å². The number of carbonyl (C=O) groups is 1. The summed E-state index contributed by atoms with van der Waals surface area (Å²) in [6.45, 7) is 1.67. The van der Waals surface area contributed by atoms with Crippen LogP contribution < -0.4 is 5.32 Å². The number of rotatable bonds is 40. The lowest BCUT2D eigenvalue weighted by molar-refractivity contribution is -0.379. The Labute approximate surface area is 435 Å². The highest BCUT2D eigenvalue weighted by atomic mass is 16.8. The van der Waals surface area contributed by atoms with E-state index in [0.717, 1.165) is 38.5 Å². The van der Waals surface area contributed by atoms with Crippen LogP contribution in [0, 0.1) is 0 Å². The number of aliphatic hydroxyl groups is 11. The Morgan fingerprint density at radius 1 is 0.479 bits per heavy atom. The van der Waals surface area contributed by atoms with Crippen LogP contribution in [-0.4, -0.2) is 193 Å². The Kier molecular flexibility index (Phi) is 34.8. The van der Waals surface area contributed by atoms with Crippen molar-refractivity contribution in [2.75, 3.05) is 26.4 Å². The number of unbranched alkanes of at least 4 members (excludes halogenated alkanes) is 22. The van der Waals surface area contributed by atoms with Crippen LogP contribution in [-0.2, 0) is 33.2 Å². The average Bonchev–Trinajstić information content (AvgIpc) is 3.39. The summed E-state index contributed by atoms with van der Waals surface area (Å²) in [6, 6.07) is -0.983. The molecule has 0 saturated carbocycles. The van der Waals surface area contributed by atoms with Crippen LogP contribution in [0.3, 0.4) is 0 Å². The van der Waals surface area contributed by atoms with Crippen molar-refractivity contribution in [3.63, 3.8) is 0 Å². The normalized spacial score (nSPS) is 31.9. The van der Waals surface area contributed by atoms with Crippen LogP contribution in [0.1, 0.15) is 181 Å². The Hall–Kier alpha value is -1.73. The second-order valence-electron chi connectivity index (χ2n) is 20.4. The zero-order chi connectivity index (χ0) is 53.4. The average molecular weight is 1050 g/mol. The molecule has 0 bridgehead atoms. The molecule has 73 heavy (non-hydrogen) atoms. The highest BCUT2D eigenvalue weighted by molar-refractivity contribution is 5.76. The molecule has 1 amide bonds. The van der Waals surface area contributed by atoms with Crippen molar-refractivity contribution in [1.82, 2.24) is 5.32 Å². The van der Waals surface area contributed by atoms with Crippen LogP contribution in [0.4, 0.5) is 0 Å². The van der Waals surface area contributed by atoms with Crippen molar-refractivity contribution in [2.45, 2.75) is 285 Å². The molecule has 17 unspecified atom stereocenters. The first-order valence-electron chi connectivity index (χ1n) is 28.1. The standard InChI is InChI=1S/C54H99NO18/c1-3-5-7-9-11-13-15-17-18-20-22-24-26-28-30-32-42(60)55-37(38(59)31-29-27-25-23-21-19-16-14-12-10-8-6-4-2)36-68-52-48(66)45(63)50(40(34-57)70-52)73-54-49(67)46(64)51(41(35-58)71-54)72-53-47(65)44(62)43(61)39(33-56)69-53/h21,23,29,31,37-41,43-54,56-59,61-67H,3-20,22,24-28,30,32-36H2,1-2H3,(H,55,60)/b23-21+,31-29+. The van der Waals surface area contributed by atoms with E-state index >= 15 is 0 Å². The number of hydrogen-bond donors (Lipinski definition) is 12. The zero-order valence-electron chi connectivity index (χ0n) is 44.1. The SMILES string of the molecule is CCCCCCCCC/C=C/CC/C=C/C(O)C(COC1OC(CO)C(OC2OC(CO)C(OC3OC(CO)C(O)C(O)C3O)C(O)C2O)C(O)C1O)NC(=O)CCCCCCCCCCCCCCCCC. The van der Waals surface area contributed by atoms with Crippen molar-refractivity contribution in [1.29, 1.82) is 0 Å². The number of ether oxygens (including phenoxy) is 6. The van der Waals surface area contributed by atoms with Gasteiger partial charge in [-0.25, -0.2) is 0 Å². The van der Waals surface area contributed by atoms with Gasteiger partial charge in [0.1, 0.15) is 73.2 Å². The van der Waals surface area contributed by atoms with Crippen LogP contribution in [0.2, 0.25) is 0 Å². The van der Waals surface area contributed by atoms with Crippen molar-refractivity contribution in [3.8, 4) is 0 Å². The van der Waals surface area contributed by atoms with Crippen molar-refractivity contribution >= 4 is 5.91 Å². The highest BCUT2D eigenvalue weighted by Crippen LogP contribution is 2.33. The second kappa shape index (κ2) is 38.8. The van der Waals surface area contributed by atoms with E-state index in [1.54, 1.807) is 6.08 Å². The minimum atomic E-state index is -1.98. The summed E-state index contributed by atoms with van der Waals surface area (Å²) < 4.78 is 34.1. The lowest BCUT2D eigenvalue weighted by Crippen LogP contribution is -2.66. The molecule has 0 aromatic heterocycles. The Balaban J connectivity index is 1.54. The number of hydrogen-bond acceptors (Lipinski definition) is 18. The fraction of sp³-hybridized carbons (Fsp3) is 0.907. The van der Waals surface area contributed by atoms with Gasteiger partial charge in [-0.1, -0.05) is 167 Å². The molecule has 3 saturated heterocycles. The first-order valence-corrected chi connectivity index (χ1v) is 28.1. The third-order valence-electron chi connectivity index (χ3n) is 14.3. The van der Waals surface area contributed by atoms with Crippen LogP contribution in [0.5, 0.6) is 0 Å². The van der Waals surface area contributed by atoms with Gasteiger partial charge in [0, 0.05) is 6.42 Å². The molecule has 428 valence electrons. The van der Waals surface area contributed by atoms with Gasteiger partial charge in [-0.05, 0) is 32.1 Å². The summed E-state index contributed by atoms with van der Waals surface area (Å²) in [6.07, 6.45) is 10.3. The van der Waals surface area contributed by atoms with Crippen molar-refractivity contribution in [3.05, 3.63) is 24.3 Å². The molecular weight excluding hydrogens is 951 g/mol. The predicted octanol–water partition coefficient (Wildman–Crippen LogP) is 3.59. The molecule has 0 aromatic carbocycles. The third-order valence-corrected chi connectivity index (χ3v) is 14.3. The number of carbonyl (C=O) groups excluding carboxylic acids is 1. The fourth-order valence-electron chi connectivity index (χ4n) is 9.56. The van der Waals surface area contributed by atoms with E-state index in [9.17, 15) is 61.0 Å². The minimum absolute atomic E-state index is 0.239. The fourth-order valence-corrected chi connectivity index (χ4v) is 9.56. The van der Waals surface area contributed by atoms with Crippen LogP contribution in [0.25, 0.3) is 0 Å². The maximum absolute atomic E-state index is 13.3. The third kappa shape index (κ3) is 23.8. The quantitative estimate of drug-likeness (QED) is 0.0308. The van der Waals surface area contributed by atoms with Gasteiger partial charge in [0.15, 0.2) is 18.9 Å². The molecule has 0 aliphatic carbocycles. The van der Waals surface area contributed by atoms with Gasteiger partial charge in [-0.3, -0.25) is 4.79 Å². The molecule has 3 rings (SSSR count). The molecule has 12 N–H and O–H groups in total. The second-order valence-corrected chi connectivity index (χ2v) is 20.4. The number of nitrogens with one attached hydrogen (secondary N) is 1. The maximum atomic E-state index is 13.3. The Morgan fingerprint density at radius 2 is 0.877 bits per heavy atom. The van der Waals surface area contributed by atoms with Gasteiger partial charge >= 0.3 is 0 Å². The van der Waals surface area contributed by atoms with E-state index in [4.69, 9.17) is 28.4 Å². The first-order chi connectivity index (χ1) is 35.3. The molecule has 19 heteroatoms. The molecule has 3 fully saturated rings. The Bertz CT molecular complexity index is 1440. The monoisotopic (exact) mass is 1050 g/mol.